The molecule has 15 heavy (non-hydrogen) atoms. The van der Waals surface area contributed by atoms with Crippen molar-refractivity contribution in [1.82, 2.24) is 0 Å². The predicted molar refractivity (Wildman–Crippen MR) is 65.1 cm³/mol. The average Bonchev–Trinajstić information content (AvgIpc) is 2.25. The molecule has 0 aliphatic heterocycles. The molecule has 0 amide bonds. The highest BCUT2D eigenvalue weighted by molar-refractivity contribution is 6.31. The van der Waals surface area contributed by atoms with Crippen LogP contribution in [0.15, 0.2) is 48.5 Å². The topological polar surface area (TPSA) is 26.0 Å². The van der Waals surface area contributed by atoms with Gasteiger partial charge in [-0.1, -0.05) is 41.9 Å². The number of benzene rings is 2. The maximum Gasteiger partial charge on any atom is 0.0442 e. The van der Waals surface area contributed by atoms with Gasteiger partial charge in [0, 0.05) is 10.7 Å². The lowest BCUT2D eigenvalue weighted by Crippen LogP contribution is -1.92. The van der Waals surface area contributed by atoms with Gasteiger partial charge in [-0.05, 0) is 35.7 Å². The van der Waals surface area contributed by atoms with E-state index in [1.54, 1.807) is 0 Å². The Morgan fingerprint density at radius 1 is 1.00 bits per heavy atom. The van der Waals surface area contributed by atoms with Crippen LogP contribution >= 0.6 is 11.6 Å². The number of nitrogens with two attached hydrogens (primary N) is 1. The van der Waals surface area contributed by atoms with E-state index >= 15 is 0 Å². The molecule has 2 aromatic carbocycles. The van der Waals surface area contributed by atoms with Crippen LogP contribution in [0.3, 0.4) is 0 Å². The molecule has 0 saturated carbocycles. The van der Waals surface area contributed by atoms with Gasteiger partial charge in [-0.15, -0.1) is 0 Å². The van der Waals surface area contributed by atoms with E-state index in [0.29, 0.717) is 0 Å². The molecule has 2 aromatic rings. The van der Waals surface area contributed by atoms with Gasteiger partial charge >= 0.3 is 0 Å². The normalized spacial score (nSPS) is 10.2. The molecule has 1 nitrogen and oxygen atoms in total. The Bertz CT molecular complexity index is 451. The van der Waals surface area contributed by atoms with Gasteiger partial charge in [-0.25, -0.2) is 0 Å². The number of hydrogen-bond acceptors (Lipinski definition) is 1. The first-order valence-electron chi connectivity index (χ1n) is 4.83. The lowest BCUT2D eigenvalue weighted by molar-refractivity contribution is 1.19. The Labute approximate surface area is 94.5 Å². The second-order valence-electron chi connectivity index (χ2n) is 3.51. The largest absolute Gasteiger partial charge is 0.399 e. The summed E-state index contributed by atoms with van der Waals surface area (Å²) < 4.78 is 0. The number of anilines is 1. The van der Waals surface area contributed by atoms with Gasteiger partial charge in [0.15, 0.2) is 0 Å². The lowest BCUT2D eigenvalue weighted by atomic mass is 10.0. The summed E-state index contributed by atoms with van der Waals surface area (Å²) in [5.74, 6) is 0. The van der Waals surface area contributed by atoms with Crippen molar-refractivity contribution in [2.75, 3.05) is 5.73 Å². The molecule has 0 spiro atoms. The molecule has 0 fully saturated rings. The Morgan fingerprint density at radius 3 is 2.47 bits per heavy atom. The van der Waals surface area contributed by atoms with Gasteiger partial charge in [-0.2, -0.15) is 0 Å². The molecule has 0 aromatic heterocycles. The van der Waals surface area contributed by atoms with E-state index in [2.05, 4.69) is 12.1 Å². The van der Waals surface area contributed by atoms with E-state index in [4.69, 9.17) is 17.3 Å². The van der Waals surface area contributed by atoms with Crippen LogP contribution < -0.4 is 5.73 Å². The predicted octanol–water partition coefficient (Wildman–Crippen LogP) is 3.51. The fraction of sp³-hybridized carbons (Fsp3) is 0.0769. The van der Waals surface area contributed by atoms with E-state index in [1.165, 1.54) is 5.56 Å². The third-order valence-corrected chi connectivity index (χ3v) is 2.68. The fourth-order valence-electron chi connectivity index (χ4n) is 1.55. The molecule has 0 atom stereocenters. The number of hydrogen-bond donors (Lipinski definition) is 1. The molecule has 0 heterocycles. The minimum absolute atomic E-state index is 0.755. The van der Waals surface area contributed by atoms with Crippen molar-refractivity contribution < 1.29 is 0 Å². The summed E-state index contributed by atoms with van der Waals surface area (Å²) in [5, 5.41) is 0.771. The van der Waals surface area contributed by atoms with Crippen LogP contribution in [0.2, 0.25) is 5.02 Å². The van der Waals surface area contributed by atoms with Crippen molar-refractivity contribution in [2.24, 2.45) is 0 Å². The highest BCUT2D eigenvalue weighted by Gasteiger charge is 2.01. The zero-order valence-electron chi connectivity index (χ0n) is 8.28. The monoisotopic (exact) mass is 217 g/mol. The van der Waals surface area contributed by atoms with Gasteiger partial charge in [-0.3, -0.25) is 0 Å². The molecule has 0 aliphatic rings. The van der Waals surface area contributed by atoms with Gasteiger partial charge < -0.3 is 5.73 Å². The van der Waals surface area contributed by atoms with Crippen LogP contribution in [-0.4, -0.2) is 0 Å². The Balaban J connectivity index is 2.28. The molecule has 0 saturated heterocycles. The molecule has 0 radical (unpaired) electrons. The van der Waals surface area contributed by atoms with Crippen LogP contribution in [0, 0.1) is 0 Å². The van der Waals surface area contributed by atoms with Crippen LogP contribution in [-0.2, 0) is 6.42 Å². The van der Waals surface area contributed by atoms with E-state index in [1.807, 2.05) is 36.4 Å². The summed E-state index contributed by atoms with van der Waals surface area (Å²) >= 11 is 6.09. The van der Waals surface area contributed by atoms with Gasteiger partial charge in [0.1, 0.15) is 0 Å². The molecule has 0 aliphatic carbocycles. The third kappa shape index (κ3) is 2.51. The van der Waals surface area contributed by atoms with Crippen molar-refractivity contribution in [3.63, 3.8) is 0 Å². The standard InChI is InChI=1S/C13H12ClN/c14-13-7-6-12(15)9-11(13)8-10-4-2-1-3-5-10/h1-7,9H,8,15H2. The van der Waals surface area contributed by atoms with Crippen molar-refractivity contribution in [2.45, 2.75) is 6.42 Å². The average molecular weight is 218 g/mol. The van der Waals surface area contributed by atoms with Crippen molar-refractivity contribution in [1.29, 1.82) is 0 Å². The highest BCUT2D eigenvalue weighted by atomic mass is 35.5. The number of rotatable bonds is 2. The molecular formula is C13H12ClN. The van der Waals surface area contributed by atoms with Gasteiger partial charge in [0.05, 0.1) is 0 Å². The molecule has 2 N–H and O–H groups in total. The SMILES string of the molecule is Nc1ccc(Cl)c(Cc2ccccc2)c1. The molecule has 2 heteroatoms. The summed E-state index contributed by atoms with van der Waals surface area (Å²) in [6.07, 6.45) is 0.824. The van der Waals surface area contributed by atoms with E-state index in [0.717, 1.165) is 22.7 Å². The fourth-order valence-corrected chi connectivity index (χ4v) is 1.73. The Hall–Kier alpha value is -1.47. The maximum atomic E-state index is 6.09. The van der Waals surface area contributed by atoms with Gasteiger partial charge in [0.25, 0.3) is 0 Å². The minimum Gasteiger partial charge on any atom is -0.399 e. The first-order chi connectivity index (χ1) is 7.25. The molecule has 2 rings (SSSR count). The highest BCUT2D eigenvalue weighted by Crippen LogP contribution is 2.21. The minimum atomic E-state index is 0.755. The van der Waals surface area contributed by atoms with Gasteiger partial charge in [0.2, 0.25) is 0 Å². The zero-order valence-corrected chi connectivity index (χ0v) is 9.04. The van der Waals surface area contributed by atoms with E-state index < -0.39 is 0 Å². The van der Waals surface area contributed by atoms with Crippen molar-refractivity contribution in [3.8, 4) is 0 Å². The summed E-state index contributed by atoms with van der Waals surface area (Å²) in [5.41, 5.74) is 8.79. The van der Waals surface area contributed by atoms with Crippen LogP contribution in [0.5, 0.6) is 0 Å². The van der Waals surface area contributed by atoms with E-state index in [9.17, 15) is 0 Å². The third-order valence-electron chi connectivity index (χ3n) is 2.31. The Morgan fingerprint density at radius 2 is 1.73 bits per heavy atom. The van der Waals surface area contributed by atoms with Crippen LogP contribution in [0.4, 0.5) is 5.69 Å². The Kier molecular flexibility index (Phi) is 2.93. The summed E-state index contributed by atoms with van der Waals surface area (Å²) in [6.45, 7) is 0. The number of nitrogen functional groups attached to an aromatic ring is 1. The second kappa shape index (κ2) is 4.37. The van der Waals surface area contributed by atoms with Crippen molar-refractivity contribution in [3.05, 3.63) is 64.7 Å². The first kappa shape index (κ1) is 10.1. The number of halogens is 1. The molecule has 0 unspecified atom stereocenters. The molecular weight excluding hydrogens is 206 g/mol. The van der Waals surface area contributed by atoms with E-state index in [-0.39, 0.29) is 0 Å². The molecule has 76 valence electrons. The maximum absolute atomic E-state index is 6.09. The lowest BCUT2D eigenvalue weighted by Gasteiger charge is -2.05. The van der Waals surface area contributed by atoms with Crippen molar-refractivity contribution >= 4 is 17.3 Å². The second-order valence-corrected chi connectivity index (χ2v) is 3.92. The summed E-state index contributed by atoms with van der Waals surface area (Å²) in [4.78, 5) is 0. The zero-order chi connectivity index (χ0) is 10.7. The quantitative estimate of drug-likeness (QED) is 0.766. The first-order valence-corrected chi connectivity index (χ1v) is 5.21. The van der Waals surface area contributed by atoms with Crippen LogP contribution in [0.1, 0.15) is 11.1 Å². The smallest absolute Gasteiger partial charge is 0.0442 e. The summed E-state index contributed by atoms with van der Waals surface area (Å²) in [6, 6.07) is 15.8. The van der Waals surface area contributed by atoms with Crippen LogP contribution in [0.25, 0.3) is 0 Å². The summed E-state index contributed by atoms with van der Waals surface area (Å²) in [7, 11) is 0. The molecule has 0 bridgehead atoms.